The number of rotatable bonds is 4. The van der Waals surface area contributed by atoms with Crippen LogP contribution in [0.2, 0.25) is 0 Å². The SMILES string of the molecule is CC(N)c1cccn1CCc1ccc2c(c1)CCO2. The van der Waals surface area contributed by atoms with E-state index in [0.717, 1.165) is 31.7 Å². The van der Waals surface area contributed by atoms with Gasteiger partial charge in [0.05, 0.1) is 6.61 Å². The molecular weight excluding hydrogens is 236 g/mol. The second-order valence-corrected chi connectivity index (χ2v) is 5.21. The predicted octanol–water partition coefficient (Wildman–Crippen LogP) is 2.69. The summed E-state index contributed by atoms with van der Waals surface area (Å²) in [5.74, 6) is 1.06. The van der Waals surface area contributed by atoms with Gasteiger partial charge in [0.1, 0.15) is 5.75 Å². The first-order chi connectivity index (χ1) is 9.24. The van der Waals surface area contributed by atoms with Crippen molar-refractivity contribution in [3.05, 3.63) is 53.3 Å². The Kier molecular flexibility index (Phi) is 3.30. The average Bonchev–Trinajstić information content (AvgIpc) is 3.04. The Balaban J connectivity index is 1.70. The number of ether oxygens (including phenoxy) is 1. The molecule has 1 unspecified atom stereocenters. The summed E-state index contributed by atoms with van der Waals surface area (Å²) in [6, 6.07) is 10.8. The Morgan fingerprint density at radius 2 is 2.26 bits per heavy atom. The Labute approximate surface area is 114 Å². The maximum atomic E-state index is 5.96. The molecule has 19 heavy (non-hydrogen) atoms. The van der Waals surface area contributed by atoms with Crippen LogP contribution in [0.4, 0.5) is 0 Å². The fourth-order valence-electron chi connectivity index (χ4n) is 2.69. The standard InChI is InChI=1S/C16H20N2O/c1-12(17)15-3-2-8-18(15)9-6-13-4-5-16-14(11-13)7-10-19-16/h2-5,8,11-12H,6-7,9-10,17H2,1H3. The van der Waals surface area contributed by atoms with Gasteiger partial charge in [-0.3, -0.25) is 0 Å². The molecule has 100 valence electrons. The number of nitrogens with two attached hydrogens (primary N) is 1. The van der Waals surface area contributed by atoms with Crippen molar-refractivity contribution >= 4 is 0 Å². The summed E-state index contributed by atoms with van der Waals surface area (Å²) < 4.78 is 7.78. The van der Waals surface area contributed by atoms with Gasteiger partial charge in [0.25, 0.3) is 0 Å². The molecule has 0 amide bonds. The number of benzene rings is 1. The van der Waals surface area contributed by atoms with Gasteiger partial charge in [-0.1, -0.05) is 12.1 Å². The van der Waals surface area contributed by atoms with E-state index >= 15 is 0 Å². The van der Waals surface area contributed by atoms with Crippen LogP contribution in [0, 0.1) is 0 Å². The molecule has 1 aromatic heterocycles. The summed E-state index contributed by atoms with van der Waals surface area (Å²) in [4.78, 5) is 0. The Morgan fingerprint density at radius 1 is 1.37 bits per heavy atom. The van der Waals surface area contributed by atoms with Crippen molar-refractivity contribution in [3.8, 4) is 5.75 Å². The molecule has 3 nitrogen and oxygen atoms in total. The molecule has 1 aliphatic rings. The van der Waals surface area contributed by atoms with Crippen LogP contribution in [0.25, 0.3) is 0 Å². The average molecular weight is 256 g/mol. The summed E-state index contributed by atoms with van der Waals surface area (Å²) in [5, 5.41) is 0. The fourth-order valence-corrected chi connectivity index (χ4v) is 2.69. The highest BCUT2D eigenvalue weighted by molar-refractivity contribution is 5.39. The van der Waals surface area contributed by atoms with Gasteiger partial charge in [-0.05, 0) is 42.7 Å². The van der Waals surface area contributed by atoms with E-state index in [0.29, 0.717) is 0 Å². The van der Waals surface area contributed by atoms with Gasteiger partial charge >= 0.3 is 0 Å². The number of fused-ring (bicyclic) bond motifs is 1. The predicted molar refractivity (Wildman–Crippen MR) is 76.4 cm³/mol. The highest BCUT2D eigenvalue weighted by Gasteiger charge is 2.12. The molecule has 0 fully saturated rings. The topological polar surface area (TPSA) is 40.2 Å². The zero-order chi connectivity index (χ0) is 13.2. The number of aryl methyl sites for hydroxylation is 2. The van der Waals surface area contributed by atoms with E-state index in [1.54, 1.807) is 0 Å². The molecule has 1 aliphatic heterocycles. The van der Waals surface area contributed by atoms with E-state index in [2.05, 4.69) is 41.1 Å². The van der Waals surface area contributed by atoms with Gasteiger partial charge in [0.2, 0.25) is 0 Å². The van der Waals surface area contributed by atoms with Gasteiger partial charge in [0.15, 0.2) is 0 Å². The second-order valence-electron chi connectivity index (χ2n) is 5.21. The number of hydrogen-bond acceptors (Lipinski definition) is 2. The van der Waals surface area contributed by atoms with Gasteiger partial charge in [-0.2, -0.15) is 0 Å². The van der Waals surface area contributed by atoms with Gasteiger partial charge < -0.3 is 15.0 Å². The minimum absolute atomic E-state index is 0.0865. The molecule has 2 N–H and O–H groups in total. The van der Waals surface area contributed by atoms with E-state index in [9.17, 15) is 0 Å². The highest BCUT2D eigenvalue weighted by atomic mass is 16.5. The summed E-state index contributed by atoms with van der Waals surface area (Å²) in [7, 11) is 0. The van der Waals surface area contributed by atoms with Gasteiger partial charge in [0, 0.05) is 30.9 Å². The molecule has 3 rings (SSSR count). The van der Waals surface area contributed by atoms with E-state index in [-0.39, 0.29) is 6.04 Å². The third kappa shape index (κ3) is 2.51. The molecule has 0 aliphatic carbocycles. The first-order valence-corrected chi connectivity index (χ1v) is 6.89. The van der Waals surface area contributed by atoms with Crippen molar-refractivity contribution in [2.45, 2.75) is 32.4 Å². The maximum absolute atomic E-state index is 5.96. The van der Waals surface area contributed by atoms with E-state index in [1.807, 2.05) is 6.92 Å². The van der Waals surface area contributed by atoms with Crippen molar-refractivity contribution in [2.24, 2.45) is 5.73 Å². The van der Waals surface area contributed by atoms with E-state index in [4.69, 9.17) is 10.5 Å². The van der Waals surface area contributed by atoms with Crippen molar-refractivity contribution in [1.82, 2.24) is 4.57 Å². The molecule has 1 atom stereocenters. The lowest BCUT2D eigenvalue weighted by atomic mass is 10.1. The summed E-state index contributed by atoms with van der Waals surface area (Å²) in [6.07, 6.45) is 4.18. The first-order valence-electron chi connectivity index (χ1n) is 6.89. The largest absolute Gasteiger partial charge is 0.493 e. The molecule has 1 aromatic carbocycles. The number of hydrogen-bond donors (Lipinski definition) is 1. The van der Waals surface area contributed by atoms with Crippen LogP contribution in [0.3, 0.4) is 0 Å². The summed E-state index contributed by atoms with van der Waals surface area (Å²) in [6.45, 7) is 3.83. The van der Waals surface area contributed by atoms with Crippen molar-refractivity contribution in [2.75, 3.05) is 6.61 Å². The minimum atomic E-state index is 0.0865. The first kappa shape index (κ1) is 12.3. The normalized spacial score (nSPS) is 15.1. The van der Waals surface area contributed by atoms with Crippen LogP contribution in [0.1, 0.15) is 29.8 Å². The quantitative estimate of drug-likeness (QED) is 0.913. The van der Waals surface area contributed by atoms with Crippen LogP contribution in [0.15, 0.2) is 36.5 Å². The second kappa shape index (κ2) is 5.10. The number of nitrogens with zero attached hydrogens (tertiary/aromatic N) is 1. The van der Waals surface area contributed by atoms with Crippen LogP contribution in [-0.4, -0.2) is 11.2 Å². The molecular formula is C16H20N2O. The minimum Gasteiger partial charge on any atom is -0.493 e. The molecule has 2 aromatic rings. The van der Waals surface area contributed by atoms with Gasteiger partial charge in [-0.15, -0.1) is 0 Å². The molecule has 0 saturated heterocycles. The molecule has 0 spiro atoms. The van der Waals surface area contributed by atoms with Crippen LogP contribution >= 0.6 is 0 Å². The van der Waals surface area contributed by atoms with Crippen molar-refractivity contribution in [1.29, 1.82) is 0 Å². The Bertz CT molecular complexity index is 572. The zero-order valence-corrected chi connectivity index (χ0v) is 11.3. The van der Waals surface area contributed by atoms with E-state index in [1.165, 1.54) is 16.8 Å². The third-order valence-corrected chi connectivity index (χ3v) is 3.73. The molecule has 3 heteroatoms. The van der Waals surface area contributed by atoms with Crippen LogP contribution < -0.4 is 10.5 Å². The Hall–Kier alpha value is -1.74. The lowest BCUT2D eigenvalue weighted by Gasteiger charge is -2.12. The molecule has 2 heterocycles. The fraction of sp³-hybridized carbons (Fsp3) is 0.375. The number of aromatic nitrogens is 1. The van der Waals surface area contributed by atoms with Crippen molar-refractivity contribution in [3.63, 3.8) is 0 Å². The molecule has 0 radical (unpaired) electrons. The molecule has 0 bridgehead atoms. The lowest BCUT2D eigenvalue weighted by molar-refractivity contribution is 0.357. The molecule has 0 saturated carbocycles. The van der Waals surface area contributed by atoms with E-state index < -0.39 is 0 Å². The monoisotopic (exact) mass is 256 g/mol. The van der Waals surface area contributed by atoms with Crippen molar-refractivity contribution < 1.29 is 4.74 Å². The highest BCUT2D eigenvalue weighted by Crippen LogP contribution is 2.26. The summed E-state index contributed by atoms with van der Waals surface area (Å²) in [5.41, 5.74) is 9.88. The third-order valence-electron chi connectivity index (χ3n) is 3.73. The van der Waals surface area contributed by atoms with Crippen LogP contribution in [0.5, 0.6) is 5.75 Å². The Morgan fingerprint density at radius 3 is 3.11 bits per heavy atom. The van der Waals surface area contributed by atoms with Crippen LogP contribution in [-0.2, 0) is 19.4 Å². The van der Waals surface area contributed by atoms with Gasteiger partial charge in [-0.25, -0.2) is 0 Å². The smallest absolute Gasteiger partial charge is 0.122 e. The lowest BCUT2D eigenvalue weighted by Crippen LogP contribution is -2.12. The summed E-state index contributed by atoms with van der Waals surface area (Å²) >= 11 is 0. The zero-order valence-electron chi connectivity index (χ0n) is 11.3. The maximum Gasteiger partial charge on any atom is 0.122 e.